The fourth-order valence-electron chi connectivity index (χ4n) is 1.90. The summed E-state index contributed by atoms with van der Waals surface area (Å²) in [5.74, 6) is -0.207. The first kappa shape index (κ1) is 13.3. The number of carbonyl (C=O) groups excluding carboxylic acids is 1. The summed E-state index contributed by atoms with van der Waals surface area (Å²) >= 11 is 0. The number of aliphatic hydroxyl groups excluding tert-OH is 1. The van der Waals surface area contributed by atoms with E-state index in [0.29, 0.717) is 16.9 Å². The van der Waals surface area contributed by atoms with Gasteiger partial charge in [0.15, 0.2) is 0 Å². The minimum Gasteiger partial charge on any atom is -0.392 e. The van der Waals surface area contributed by atoms with Crippen LogP contribution >= 0.6 is 0 Å². The van der Waals surface area contributed by atoms with E-state index >= 15 is 0 Å². The highest BCUT2D eigenvalue weighted by Gasteiger charge is 2.14. The molecule has 0 aliphatic heterocycles. The van der Waals surface area contributed by atoms with E-state index < -0.39 is 0 Å². The summed E-state index contributed by atoms with van der Waals surface area (Å²) in [5.41, 5.74) is 1.76. The van der Waals surface area contributed by atoms with Gasteiger partial charge in [0.2, 0.25) is 0 Å². The van der Waals surface area contributed by atoms with E-state index in [0.717, 1.165) is 0 Å². The van der Waals surface area contributed by atoms with Gasteiger partial charge in [-0.15, -0.1) is 0 Å². The van der Waals surface area contributed by atoms with Crippen LogP contribution < -0.4 is 5.32 Å². The average Bonchev–Trinajstić information content (AvgIpc) is 2.88. The van der Waals surface area contributed by atoms with Crippen molar-refractivity contribution >= 4 is 11.6 Å². The lowest BCUT2D eigenvalue weighted by atomic mass is 10.2. The molecule has 0 fully saturated rings. The van der Waals surface area contributed by atoms with Crippen molar-refractivity contribution in [3.05, 3.63) is 48.0 Å². The van der Waals surface area contributed by atoms with Crippen LogP contribution in [0, 0.1) is 0 Å². The van der Waals surface area contributed by atoms with Gasteiger partial charge in [0.1, 0.15) is 5.69 Å². The second-order valence-corrected chi connectivity index (χ2v) is 4.54. The molecule has 0 radical (unpaired) electrons. The second kappa shape index (κ2) is 5.67. The van der Waals surface area contributed by atoms with E-state index in [1.54, 1.807) is 18.3 Å². The van der Waals surface area contributed by atoms with Crippen LogP contribution in [-0.4, -0.2) is 20.6 Å². The van der Waals surface area contributed by atoms with E-state index in [2.05, 4.69) is 10.3 Å². The van der Waals surface area contributed by atoms with Crippen molar-refractivity contribution in [3.63, 3.8) is 0 Å². The first-order valence-corrected chi connectivity index (χ1v) is 6.15. The Morgan fingerprint density at radius 1 is 1.47 bits per heavy atom. The van der Waals surface area contributed by atoms with Crippen LogP contribution in [0.5, 0.6) is 0 Å². The van der Waals surface area contributed by atoms with Crippen LogP contribution in [0.15, 0.2) is 36.8 Å². The van der Waals surface area contributed by atoms with Gasteiger partial charge in [-0.05, 0) is 32.0 Å². The predicted octanol–water partition coefficient (Wildman–Crippen LogP) is 2.21. The van der Waals surface area contributed by atoms with Crippen molar-refractivity contribution in [3.8, 4) is 0 Å². The van der Waals surface area contributed by atoms with Crippen LogP contribution in [0.3, 0.4) is 0 Å². The topological polar surface area (TPSA) is 67.2 Å². The quantitative estimate of drug-likeness (QED) is 0.884. The Hall–Kier alpha value is -2.14. The molecule has 2 aromatic heterocycles. The number of amides is 1. The molecule has 0 aliphatic rings. The molecule has 100 valence electrons. The molecule has 1 amide bonds. The summed E-state index contributed by atoms with van der Waals surface area (Å²) in [6.07, 6.45) is 4.99. The van der Waals surface area contributed by atoms with Crippen LogP contribution in [0.4, 0.5) is 5.69 Å². The summed E-state index contributed by atoms with van der Waals surface area (Å²) < 4.78 is 1.89. The maximum absolute atomic E-state index is 12.2. The van der Waals surface area contributed by atoms with Crippen LogP contribution in [0.2, 0.25) is 0 Å². The number of hydrogen-bond acceptors (Lipinski definition) is 3. The van der Waals surface area contributed by atoms with Gasteiger partial charge in [-0.25, -0.2) is 0 Å². The van der Waals surface area contributed by atoms with E-state index in [1.807, 2.05) is 30.7 Å². The molecule has 5 heteroatoms. The highest BCUT2D eigenvalue weighted by atomic mass is 16.3. The van der Waals surface area contributed by atoms with E-state index in [9.17, 15) is 9.90 Å². The molecule has 0 aromatic carbocycles. The van der Waals surface area contributed by atoms with Gasteiger partial charge in [-0.3, -0.25) is 9.78 Å². The zero-order valence-electron chi connectivity index (χ0n) is 11.0. The number of rotatable bonds is 4. The Balaban J connectivity index is 2.23. The van der Waals surface area contributed by atoms with Gasteiger partial charge in [-0.2, -0.15) is 0 Å². The summed E-state index contributed by atoms with van der Waals surface area (Å²) in [4.78, 5) is 16.2. The Morgan fingerprint density at radius 2 is 2.26 bits per heavy atom. The van der Waals surface area contributed by atoms with Crippen molar-refractivity contribution in [2.45, 2.75) is 26.5 Å². The minimum absolute atomic E-state index is 0.136. The van der Waals surface area contributed by atoms with Crippen LogP contribution in [0.1, 0.15) is 35.9 Å². The summed E-state index contributed by atoms with van der Waals surface area (Å²) in [6.45, 7) is 3.89. The van der Waals surface area contributed by atoms with Gasteiger partial charge in [0.05, 0.1) is 18.5 Å². The molecule has 2 heterocycles. The smallest absolute Gasteiger partial charge is 0.272 e. The number of carbonyl (C=O) groups is 1. The zero-order chi connectivity index (χ0) is 13.8. The molecule has 0 bridgehead atoms. The fourth-order valence-corrected chi connectivity index (χ4v) is 1.90. The van der Waals surface area contributed by atoms with Crippen LogP contribution in [0.25, 0.3) is 0 Å². The van der Waals surface area contributed by atoms with Crippen molar-refractivity contribution in [1.29, 1.82) is 0 Å². The fraction of sp³-hybridized carbons (Fsp3) is 0.286. The summed E-state index contributed by atoms with van der Waals surface area (Å²) in [6, 6.07) is 5.49. The van der Waals surface area contributed by atoms with Crippen LogP contribution in [-0.2, 0) is 6.61 Å². The first-order chi connectivity index (χ1) is 9.13. The number of nitrogens with one attached hydrogen (secondary N) is 1. The SMILES string of the molecule is CC(C)n1cccc1C(=O)Nc1cnccc1CO. The third kappa shape index (κ3) is 2.82. The first-order valence-electron chi connectivity index (χ1n) is 6.15. The van der Waals surface area contributed by atoms with Gasteiger partial charge in [-0.1, -0.05) is 0 Å². The molecule has 0 aliphatic carbocycles. The molecule has 0 spiro atoms. The molecule has 0 saturated heterocycles. The maximum atomic E-state index is 12.2. The number of anilines is 1. The van der Waals surface area contributed by atoms with Crippen molar-refractivity contribution in [2.75, 3.05) is 5.32 Å². The maximum Gasteiger partial charge on any atom is 0.272 e. The van der Waals surface area contributed by atoms with Crippen molar-refractivity contribution in [2.24, 2.45) is 0 Å². The monoisotopic (exact) mass is 259 g/mol. The van der Waals surface area contributed by atoms with Gasteiger partial charge < -0.3 is 15.0 Å². The predicted molar refractivity (Wildman–Crippen MR) is 72.9 cm³/mol. The molecule has 19 heavy (non-hydrogen) atoms. The number of hydrogen-bond donors (Lipinski definition) is 2. The largest absolute Gasteiger partial charge is 0.392 e. The summed E-state index contributed by atoms with van der Waals surface area (Å²) in [7, 11) is 0. The number of aliphatic hydroxyl groups is 1. The molecule has 5 nitrogen and oxygen atoms in total. The molecule has 0 atom stereocenters. The van der Waals surface area contributed by atoms with Gasteiger partial charge in [0.25, 0.3) is 5.91 Å². The van der Waals surface area contributed by atoms with E-state index in [-0.39, 0.29) is 18.6 Å². The van der Waals surface area contributed by atoms with E-state index in [4.69, 9.17) is 0 Å². The minimum atomic E-state index is -0.207. The zero-order valence-corrected chi connectivity index (χ0v) is 11.0. The average molecular weight is 259 g/mol. The standard InChI is InChI=1S/C14H17N3O2/c1-10(2)17-7-3-4-13(17)14(19)16-12-8-15-6-5-11(12)9-18/h3-8,10,18H,9H2,1-2H3,(H,16,19). The highest BCUT2D eigenvalue weighted by Crippen LogP contribution is 2.16. The molecular weight excluding hydrogens is 242 g/mol. The molecule has 0 unspecified atom stereocenters. The van der Waals surface area contributed by atoms with Gasteiger partial charge in [0, 0.05) is 24.0 Å². The Morgan fingerprint density at radius 3 is 2.95 bits per heavy atom. The molecule has 0 saturated carbocycles. The Labute approximate surface area is 111 Å². The van der Waals surface area contributed by atoms with Crippen molar-refractivity contribution in [1.82, 2.24) is 9.55 Å². The molecule has 2 rings (SSSR count). The third-order valence-electron chi connectivity index (χ3n) is 2.90. The highest BCUT2D eigenvalue weighted by molar-refractivity contribution is 6.03. The third-order valence-corrected chi connectivity index (χ3v) is 2.90. The lowest BCUT2D eigenvalue weighted by Gasteiger charge is -2.13. The Bertz CT molecular complexity index is 576. The molecule has 2 N–H and O–H groups in total. The normalized spacial score (nSPS) is 10.7. The molecular formula is C14H17N3O2. The van der Waals surface area contributed by atoms with E-state index in [1.165, 1.54) is 6.20 Å². The number of aromatic nitrogens is 2. The lowest BCUT2D eigenvalue weighted by molar-refractivity contribution is 0.101. The molecule has 2 aromatic rings. The number of nitrogens with zero attached hydrogens (tertiary/aromatic N) is 2. The number of pyridine rings is 1. The summed E-state index contributed by atoms with van der Waals surface area (Å²) in [5, 5.41) is 12.0. The lowest BCUT2D eigenvalue weighted by Crippen LogP contribution is -2.18. The Kier molecular flexibility index (Phi) is 3.97. The second-order valence-electron chi connectivity index (χ2n) is 4.54. The van der Waals surface area contributed by atoms with Gasteiger partial charge >= 0.3 is 0 Å². The van der Waals surface area contributed by atoms with Crippen molar-refractivity contribution < 1.29 is 9.90 Å².